The summed E-state index contributed by atoms with van der Waals surface area (Å²) in [4.78, 5) is 4.91. The van der Waals surface area contributed by atoms with Crippen LogP contribution in [0.3, 0.4) is 0 Å². The van der Waals surface area contributed by atoms with E-state index in [2.05, 4.69) is 379 Å². The second-order valence-corrected chi connectivity index (χ2v) is 33.7. The lowest BCUT2D eigenvalue weighted by molar-refractivity contribution is 0.349. The molecule has 12 aromatic carbocycles. The third-order valence-electron chi connectivity index (χ3n) is 22.8. The van der Waals surface area contributed by atoms with E-state index in [0.29, 0.717) is 0 Å². The summed E-state index contributed by atoms with van der Waals surface area (Å²) in [6.45, 7) is 46.3. The van der Waals surface area contributed by atoms with Crippen LogP contribution in [0, 0.1) is 69.2 Å². The SMILES string of the molecule is Cc1cc(C)c(-c2ccc(N(c3ccc(-c4ccc(C(C)(C)C)cc4)cc3)c3ccc(-c4cc5c(cc4C)C(C)(C)CC54CC(C)(C)c5cc(C)c(-c6ccc(N(c7ccc(-c8ccc(C(C)(C)C)cc8)cc7)c7ccc(-c8c(C)cc(C)cc8C)cc7)c(C)c6)cc54)cc3C)cc2)c(C)c1. The first kappa shape index (κ1) is 68.4. The van der Waals surface area contributed by atoms with Crippen LogP contribution < -0.4 is 9.80 Å². The molecule has 2 aliphatic rings. The van der Waals surface area contributed by atoms with Gasteiger partial charge in [-0.05, 0) is 333 Å². The highest BCUT2D eigenvalue weighted by Crippen LogP contribution is 2.64. The number of benzene rings is 12. The summed E-state index contributed by atoms with van der Waals surface area (Å²) < 4.78 is 0. The fraction of sp³-hybridized carbons (Fsp3) is 0.273. The zero-order valence-electron chi connectivity index (χ0n) is 63.7. The number of fused-ring (bicyclic) bond motifs is 4. The van der Waals surface area contributed by atoms with Crippen molar-refractivity contribution in [1.82, 2.24) is 0 Å². The van der Waals surface area contributed by atoms with Crippen LogP contribution in [0.15, 0.2) is 231 Å². The van der Waals surface area contributed by atoms with Gasteiger partial charge < -0.3 is 9.80 Å². The van der Waals surface area contributed by atoms with Crippen LogP contribution in [0.4, 0.5) is 34.1 Å². The average Bonchev–Trinajstić information content (AvgIpc) is 1.52. The van der Waals surface area contributed by atoms with Gasteiger partial charge in [0.15, 0.2) is 0 Å². The van der Waals surface area contributed by atoms with Crippen molar-refractivity contribution < 1.29 is 0 Å². The molecule has 1 spiro atoms. The number of nitrogens with zero attached hydrogens (tertiary/aromatic N) is 2. The van der Waals surface area contributed by atoms with E-state index in [9.17, 15) is 0 Å². The molecule has 0 saturated carbocycles. The maximum absolute atomic E-state index is 2.63. The molecule has 0 aromatic heterocycles. The minimum absolute atomic E-state index is 0.0355. The van der Waals surface area contributed by atoms with E-state index in [1.807, 2.05) is 0 Å². The molecule has 0 aliphatic heterocycles. The Hall–Kier alpha value is -9.76. The summed E-state index contributed by atoms with van der Waals surface area (Å²) in [5, 5.41) is 0. The molecule has 12 aromatic rings. The Morgan fingerprint density at radius 2 is 0.525 bits per heavy atom. The summed E-state index contributed by atoms with van der Waals surface area (Å²) in [7, 11) is 0. The van der Waals surface area contributed by atoms with Gasteiger partial charge in [0.2, 0.25) is 0 Å². The van der Waals surface area contributed by atoms with E-state index in [1.165, 1.54) is 156 Å². The minimum Gasteiger partial charge on any atom is -0.310 e. The van der Waals surface area contributed by atoms with E-state index in [-0.39, 0.29) is 27.1 Å². The summed E-state index contributed by atoms with van der Waals surface area (Å²) in [5.41, 5.74) is 43.4. The van der Waals surface area contributed by atoms with Crippen molar-refractivity contribution in [2.75, 3.05) is 9.80 Å². The van der Waals surface area contributed by atoms with E-state index in [4.69, 9.17) is 0 Å². The monoisotopic (exact) mass is 1320 g/mol. The van der Waals surface area contributed by atoms with Crippen molar-refractivity contribution in [2.24, 2.45) is 0 Å². The van der Waals surface area contributed by atoms with Gasteiger partial charge in [-0.25, -0.2) is 0 Å². The molecule has 0 radical (unpaired) electrons. The van der Waals surface area contributed by atoms with Gasteiger partial charge in [0.05, 0.1) is 0 Å². The van der Waals surface area contributed by atoms with Crippen LogP contribution in [0.2, 0.25) is 0 Å². The Morgan fingerprint density at radius 3 is 0.802 bits per heavy atom. The van der Waals surface area contributed by atoms with Crippen LogP contribution in [-0.2, 0) is 27.1 Å². The van der Waals surface area contributed by atoms with E-state index >= 15 is 0 Å². The molecule has 0 bridgehead atoms. The molecule has 14 rings (SSSR count). The van der Waals surface area contributed by atoms with E-state index in [0.717, 1.165) is 47.0 Å². The lowest BCUT2D eigenvalue weighted by atomic mass is 9.72. The fourth-order valence-electron chi connectivity index (χ4n) is 18.0. The third-order valence-corrected chi connectivity index (χ3v) is 22.8. The number of rotatable bonds is 12. The standard InChI is InChI=1S/C99H102N2/c1-61-49-67(7)93(68(8)50-61)75-29-43-83(44-30-75)100(81-39-25-73(26-40-81)71-21-35-79(36-22-71)95(11,12)13)91-47-33-77(53-65(91)5)85-57-89-87(55-63(85)3)97(17,18)59-99(89)60-98(19,20)88-56-64(4)86(58-90(88)99)78-34-48-92(66(6)54-78)101(84-45-31-76(32-46-84)94-69(9)51-62(2)52-70(94)10)82-41-27-74(28-42-82)72-23-37-80(38-24-72)96(14,15)16/h21-58H,59-60H2,1-20H3. The Morgan fingerprint density at radius 1 is 0.257 bits per heavy atom. The maximum atomic E-state index is 2.63. The van der Waals surface area contributed by atoms with Crippen LogP contribution in [0.1, 0.15) is 171 Å². The Balaban J connectivity index is 0.826. The van der Waals surface area contributed by atoms with Gasteiger partial charge >= 0.3 is 0 Å². The average molecular weight is 1320 g/mol. The maximum Gasteiger partial charge on any atom is 0.0491 e. The molecule has 0 fully saturated rings. The number of aryl methyl sites for hydroxylation is 10. The lowest BCUT2D eigenvalue weighted by Crippen LogP contribution is -2.27. The molecule has 101 heavy (non-hydrogen) atoms. The van der Waals surface area contributed by atoms with Crippen molar-refractivity contribution in [3.63, 3.8) is 0 Å². The van der Waals surface area contributed by atoms with Crippen LogP contribution in [-0.4, -0.2) is 0 Å². The Bertz CT molecular complexity index is 4800. The second kappa shape index (κ2) is 25.4. The molecule has 0 atom stereocenters. The molecule has 0 unspecified atom stereocenters. The Kier molecular flexibility index (Phi) is 17.2. The molecular weight excluding hydrogens is 1220 g/mol. The molecule has 0 N–H and O–H groups in total. The lowest BCUT2D eigenvalue weighted by Gasteiger charge is -2.31. The summed E-state index contributed by atoms with van der Waals surface area (Å²) in [6.07, 6.45) is 2.12. The zero-order chi connectivity index (χ0) is 71.6. The number of hydrogen-bond acceptors (Lipinski definition) is 2. The predicted molar refractivity (Wildman–Crippen MR) is 436 cm³/mol. The zero-order valence-corrected chi connectivity index (χ0v) is 63.7. The highest BCUT2D eigenvalue weighted by molar-refractivity contribution is 5.87. The molecule has 2 heteroatoms. The number of anilines is 6. The van der Waals surface area contributed by atoms with Gasteiger partial charge in [0.25, 0.3) is 0 Å². The Labute approximate surface area is 604 Å². The molecule has 0 saturated heterocycles. The van der Waals surface area contributed by atoms with Crippen molar-refractivity contribution in [3.8, 4) is 66.8 Å². The van der Waals surface area contributed by atoms with Crippen LogP contribution in [0.5, 0.6) is 0 Å². The first-order valence-electron chi connectivity index (χ1n) is 36.8. The summed E-state index contributed by atoms with van der Waals surface area (Å²) in [6, 6.07) is 89.1. The van der Waals surface area contributed by atoms with Gasteiger partial charge in [-0.15, -0.1) is 0 Å². The van der Waals surface area contributed by atoms with E-state index in [1.54, 1.807) is 0 Å². The smallest absolute Gasteiger partial charge is 0.0491 e. The summed E-state index contributed by atoms with van der Waals surface area (Å²) >= 11 is 0. The first-order chi connectivity index (χ1) is 47.8. The molecule has 2 aliphatic carbocycles. The fourth-order valence-corrected chi connectivity index (χ4v) is 18.0. The molecular formula is C99H102N2. The second-order valence-electron chi connectivity index (χ2n) is 33.7. The molecule has 0 amide bonds. The molecule has 2 nitrogen and oxygen atoms in total. The van der Waals surface area contributed by atoms with Gasteiger partial charge in [0, 0.05) is 39.5 Å². The van der Waals surface area contributed by atoms with Crippen molar-refractivity contribution in [2.45, 2.75) is 178 Å². The van der Waals surface area contributed by atoms with Gasteiger partial charge in [-0.1, -0.05) is 226 Å². The highest BCUT2D eigenvalue weighted by Gasteiger charge is 2.56. The normalized spacial score (nSPS) is 14.3. The van der Waals surface area contributed by atoms with Gasteiger partial charge in [-0.2, -0.15) is 0 Å². The highest BCUT2D eigenvalue weighted by atomic mass is 15.1. The van der Waals surface area contributed by atoms with E-state index < -0.39 is 0 Å². The van der Waals surface area contributed by atoms with Gasteiger partial charge in [-0.3, -0.25) is 0 Å². The van der Waals surface area contributed by atoms with Crippen molar-refractivity contribution >= 4 is 34.1 Å². The van der Waals surface area contributed by atoms with Gasteiger partial charge in [0.1, 0.15) is 0 Å². The number of hydrogen-bond donors (Lipinski definition) is 0. The predicted octanol–water partition coefficient (Wildman–Crippen LogP) is 28.0. The van der Waals surface area contributed by atoms with Crippen molar-refractivity contribution in [1.29, 1.82) is 0 Å². The first-order valence-corrected chi connectivity index (χ1v) is 36.8. The van der Waals surface area contributed by atoms with Crippen LogP contribution >= 0.6 is 0 Å². The van der Waals surface area contributed by atoms with Crippen LogP contribution in [0.25, 0.3) is 66.8 Å². The quantitative estimate of drug-likeness (QED) is 0.120. The summed E-state index contributed by atoms with van der Waals surface area (Å²) in [5.74, 6) is 0. The molecule has 0 heterocycles. The largest absolute Gasteiger partial charge is 0.310 e. The van der Waals surface area contributed by atoms with Crippen molar-refractivity contribution in [3.05, 3.63) is 320 Å². The molecule has 508 valence electrons. The minimum atomic E-state index is -0.175. The topological polar surface area (TPSA) is 6.48 Å². The third kappa shape index (κ3) is 12.6.